The van der Waals surface area contributed by atoms with Gasteiger partial charge in [-0.25, -0.2) is 14.5 Å². The first-order chi connectivity index (χ1) is 11.3. The van der Waals surface area contributed by atoms with E-state index in [0.717, 1.165) is 11.3 Å². The molecule has 1 saturated carbocycles. The van der Waals surface area contributed by atoms with Crippen LogP contribution in [0.3, 0.4) is 0 Å². The molecule has 0 saturated heterocycles. The molecule has 0 atom stereocenters. The Morgan fingerprint density at radius 3 is 2.50 bits per heavy atom. The lowest BCUT2D eigenvalue weighted by Gasteiger charge is -2.30. The number of aryl methyl sites for hydroxylation is 1. The average Bonchev–Trinajstić information content (AvgIpc) is 2.92. The summed E-state index contributed by atoms with van der Waals surface area (Å²) in [5, 5.41) is 0.394. The molecule has 0 spiro atoms. The monoisotopic (exact) mass is 377 g/mol. The summed E-state index contributed by atoms with van der Waals surface area (Å²) in [6.45, 7) is 1.70. The van der Waals surface area contributed by atoms with E-state index in [1.165, 1.54) is 16.8 Å². The highest BCUT2D eigenvalue weighted by molar-refractivity contribution is 7.18. The molecule has 1 fully saturated rings. The molecule has 0 aromatic carbocycles. The average molecular weight is 378 g/mol. The first-order valence-corrected chi connectivity index (χ1v) is 8.74. The van der Waals surface area contributed by atoms with E-state index in [2.05, 4.69) is 9.97 Å². The zero-order valence-electron chi connectivity index (χ0n) is 12.8. The van der Waals surface area contributed by atoms with Crippen molar-refractivity contribution in [3.05, 3.63) is 38.5 Å². The Labute approximate surface area is 145 Å². The highest BCUT2D eigenvalue weighted by Gasteiger charge is 2.42. The Kier molecular flexibility index (Phi) is 4.70. The lowest BCUT2D eigenvalue weighted by atomic mass is 9.81. The van der Waals surface area contributed by atoms with Crippen molar-refractivity contribution >= 4 is 22.9 Å². The van der Waals surface area contributed by atoms with Gasteiger partial charge in [-0.1, -0.05) is 22.9 Å². The van der Waals surface area contributed by atoms with E-state index in [4.69, 9.17) is 11.6 Å². The minimum absolute atomic E-state index is 0.0522. The first kappa shape index (κ1) is 17.4. The maximum Gasteiger partial charge on any atom is 0.391 e. The SMILES string of the molecule is Cc1cc(=O)n(-c2ncc(Cl)s2)c([C@H]2CC[C@@H](C(F)(F)F)CC2)n1. The van der Waals surface area contributed by atoms with Crippen molar-refractivity contribution in [2.45, 2.75) is 44.7 Å². The number of thiazole rings is 1. The fourth-order valence-electron chi connectivity index (χ4n) is 3.11. The minimum atomic E-state index is -4.16. The summed E-state index contributed by atoms with van der Waals surface area (Å²) in [7, 11) is 0. The Morgan fingerprint density at radius 1 is 1.29 bits per heavy atom. The molecule has 0 unspecified atom stereocenters. The summed E-state index contributed by atoms with van der Waals surface area (Å²) in [6.07, 6.45) is -1.92. The number of hydrogen-bond donors (Lipinski definition) is 0. The van der Waals surface area contributed by atoms with E-state index >= 15 is 0 Å². The van der Waals surface area contributed by atoms with Crippen LogP contribution < -0.4 is 5.56 Å². The second-order valence-electron chi connectivity index (χ2n) is 5.97. The molecule has 0 bridgehead atoms. The van der Waals surface area contributed by atoms with Gasteiger partial charge in [0.25, 0.3) is 5.56 Å². The van der Waals surface area contributed by atoms with Crippen molar-refractivity contribution in [1.82, 2.24) is 14.5 Å². The third-order valence-electron chi connectivity index (χ3n) is 4.28. The highest BCUT2D eigenvalue weighted by Crippen LogP contribution is 2.42. The molecule has 0 N–H and O–H groups in total. The lowest BCUT2D eigenvalue weighted by Crippen LogP contribution is -2.30. The Morgan fingerprint density at radius 2 is 1.96 bits per heavy atom. The molecule has 3 rings (SSSR count). The zero-order chi connectivity index (χ0) is 17.5. The number of nitrogens with zero attached hydrogens (tertiary/aromatic N) is 3. The summed E-state index contributed by atoms with van der Waals surface area (Å²) in [5.41, 5.74) is 0.258. The maximum absolute atomic E-state index is 12.9. The van der Waals surface area contributed by atoms with E-state index in [1.807, 2.05) is 0 Å². The summed E-state index contributed by atoms with van der Waals surface area (Å²) in [4.78, 5) is 21.0. The number of alkyl halides is 3. The molecule has 130 valence electrons. The van der Waals surface area contributed by atoms with Crippen molar-refractivity contribution in [2.75, 3.05) is 0 Å². The van der Waals surface area contributed by atoms with Gasteiger partial charge in [0.15, 0.2) is 5.13 Å². The van der Waals surface area contributed by atoms with Crippen molar-refractivity contribution in [2.24, 2.45) is 5.92 Å². The minimum Gasteiger partial charge on any atom is -0.269 e. The molecule has 0 radical (unpaired) electrons. The van der Waals surface area contributed by atoms with Gasteiger partial charge in [-0.15, -0.1) is 0 Å². The molecule has 9 heteroatoms. The quantitative estimate of drug-likeness (QED) is 0.774. The Balaban J connectivity index is 1.95. The fraction of sp³-hybridized carbons (Fsp3) is 0.533. The molecule has 1 aliphatic carbocycles. The number of rotatable bonds is 2. The van der Waals surface area contributed by atoms with Gasteiger partial charge < -0.3 is 0 Å². The van der Waals surface area contributed by atoms with E-state index in [1.54, 1.807) is 6.92 Å². The van der Waals surface area contributed by atoms with Crippen LogP contribution in [0.15, 0.2) is 17.1 Å². The van der Waals surface area contributed by atoms with Crippen LogP contribution in [0.25, 0.3) is 5.13 Å². The van der Waals surface area contributed by atoms with Crippen LogP contribution in [0, 0.1) is 12.8 Å². The van der Waals surface area contributed by atoms with Crippen molar-refractivity contribution in [1.29, 1.82) is 0 Å². The molecule has 2 heterocycles. The van der Waals surface area contributed by atoms with Gasteiger partial charge in [-0.05, 0) is 32.6 Å². The van der Waals surface area contributed by atoms with Gasteiger partial charge in [0.1, 0.15) is 10.2 Å². The topological polar surface area (TPSA) is 47.8 Å². The van der Waals surface area contributed by atoms with E-state index in [0.29, 0.717) is 33.8 Å². The summed E-state index contributed by atoms with van der Waals surface area (Å²) in [6, 6.07) is 1.39. The fourth-order valence-corrected chi connectivity index (χ4v) is 4.03. The molecule has 1 aliphatic rings. The van der Waals surface area contributed by atoms with Gasteiger partial charge in [-0.2, -0.15) is 13.2 Å². The highest BCUT2D eigenvalue weighted by atomic mass is 35.5. The van der Waals surface area contributed by atoms with Crippen molar-refractivity contribution in [3.8, 4) is 5.13 Å². The van der Waals surface area contributed by atoms with Crippen molar-refractivity contribution in [3.63, 3.8) is 0 Å². The van der Waals surface area contributed by atoms with Crippen LogP contribution in [0.2, 0.25) is 4.34 Å². The summed E-state index contributed by atoms with van der Waals surface area (Å²) >= 11 is 7.04. The smallest absolute Gasteiger partial charge is 0.269 e. The van der Waals surface area contributed by atoms with Gasteiger partial charge >= 0.3 is 6.18 Å². The summed E-state index contributed by atoms with van der Waals surface area (Å²) < 4.78 is 40.4. The zero-order valence-corrected chi connectivity index (χ0v) is 14.4. The van der Waals surface area contributed by atoms with E-state index in [-0.39, 0.29) is 24.3 Å². The van der Waals surface area contributed by atoms with Gasteiger partial charge in [0, 0.05) is 17.7 Å². The standard InChI is InChI=1S/C15H15ClF3N3OS/c1-8-6-12(23)22(14-20-7-11(16)24-14)13(21-8)9-2-4-10(5-3-9)15(17,18)19/h6-7,9-10H,2-5H2,1H3/t9-,10+. The molecule has 0 aliphatic heterocycles. The second-order valence-corrected chi connectivity index (χ2v) is 7.61. The normalized spacial score (nSPS) is 21.9. The predicted molar refractivity (Wildman–Crippen MR) is 86.0 cm³/mol. The molecular formula is C15H15ClF3N3OS. The van der Waals surface area contributed by atoms with Crippen LogP contribution in [0.5, 0.6) is 0 Å². The Bertz CT molecular complexity index is 794. The lowest BCUT2D eigenvalue weighted by molar-refractivity contribution is -0.182. The van der Waals surface area contributed by atoms with Crippen LogP contribution in [-0.4, -0.2) is 20.7 Å². The van der Waals surface area contributed by atoms with Crippen molar-refractivity contribution < 1.29 is 13.2 Å². The molecule has 2 aromatic rings. The second kappa shape index (κ2) is 6.48. The van der Waals surface area contributed by atoms with E-state index < -0.39 is 12.1 Å². The van der Waals surface area contributed by atoms with Crippen LogP contribution in [0.4, 0.5) is 13.2 Å². The third-order valence-corrected chi connectivity index (χ3v) is 5.38. The molecule has 24 heavy (non-hydrogen) atoms. The van der Waals surface area contributed by atoms with Gasteiger partial charge in [-0.3, -0.25) is 4.79 Å². The number of halogens is 4. The van der Waals surface area contributed by atoms with E-state index in [9.17, 15) is 18.0 Å². The third kappa shape index (κ3) is 3.49. The summed E-state index contributed by atoms with van der Waals surface area (Å²) in [5.74, 6) is -0.987. The van der Waals surface area contributed by atoms with Crippen LogP contribution in [-0.2, 0) is 0 Å². The largest absolute Gasteiger partial charge is 0.391 e. The number of aromatic nitrogens is 3. The molecular weight excluding hydrogens is 363 g/mol. The first-order valence-electron chi connectivity index (χ1n) is 7.54. The van der Waals surface area contributed by atoms with Gasteiger partial charge in [0.05, 0.1) is 12.1 Å². The molecule has 0 amide bonds. The molecule has 4 nitrogen and oxygen atoms in total. The van der Waals surface area contributed by atoms with Crippen LogP contribution >= 0.6 is 22.9 Å². The molecule has 2 aromatic heterocycles. The van der Waals surface area contributed by atoms with Crippen LogP contribution in [0.1, 0.15) is 43.1 Å². The predicted octanol–water partition coefficient (Wildman–Crippen LogP) is 4.49. The van der Waals surface area contributed by atoms with Gasteiger partial charge in [0.2, 0.25) is 0 Å². The number of hydrogen-bond acceptors (Lipinski definition) is 4. The maximum atomic E-state index is 12.9. The Hall–Kier alpha value is -1.41.